The number of hydrogen-bond donors (Lipinski definition) is 3. The molecule has 0 radical (unpaired) electrons. The van der Waals surface area contributed by atoms with E-state index in [1.807, 2.05) is 0 Å². The van der Waals surface area contributed by atoms with Crippen LogP contribution in [-0.4, -0.2) is 19.3 Å². The van der Waals surface area contributed by atoms with Crippen molar-refractivity contribution in [1.29, 1.82) is 5.41 Å². The van der Waals surface area contributed by atoms with Gasteiger partial charge in [-0.3, -0.25) is 0 Å². The number of aryl methyl sites for hydroxylation is 1. The highest BCUT2D eigenvalue weighted by Crippen LogP contribution is 2.15. The van der Waals surface area contributed by atoms with Crippen LogP contribution in [0.2, 0.25) is 0 Å². The van der Waals surface area contributed by atoms with Crippen LogP contribution in [0.3, 0.4) is 0 Å². The summed E-state index contributed by atoms with van der Waals surface area (Å²) >= 11 is 0. The molecule has 3 heteroatoms. The number of rotatable bonds is 4. The monoisotopic (exact) mass is 215 g/mol. The highest BCUT2D eigenvalue weighted by Gasteiger charge is 2.11. The van der Waals surface area contributed by atoms with Crippen molar-refractivity contribution in [3.8, 4) is 0 Å². The lowest BCUT2D eigenvalue weighted by atomic mass is 10.1. The third kappa shape index (κ3) is 2.31. The van der Waals surface area contributed by atoms with Crippen LogP contribution in [0.25, 0.3) is 0 Å². The predicted molar refractivity (Wildman–Crippen MR) is 68.1 cm³/mol. The van der Waals surface area contributed by atoms with Gasteiger partial charge in [-0.05, 0) is 24.1 Å². The Hall–Kier alpha value is -1.61. The Labute approximate surface area is 96.1 Å². The number of anilines is 1. The Morgan fingerprint density at radius 3 is 2.69 bits per heavy atom. The summed E-state index contributed by atoms with van der Waals surface area (Å²) in [6.45, 7) is 3.76. The first-order valence-electron chi connectivity index (χ1n) is 5.62. The van der Waals surface area contributed by atoms with Gasteiger partial charge in [0, 0.05) is 36.3 Å². The van der Waals surface area contributed by atoms with E-state index in [0.717, 1.165) is 36.5 Å². The summed E-state index contributed by atoms with van der Waals surface area (Å²) in [6.07, 6.45) is 2.49. The van der Waals surface area contributed by atoms with Crippen molar-refractivity contribution < 1.29 is 0 Å². The normalized spacial score (nSPS) is 15.3. The molecule has 16 heavy (non-hydrogen) atoms. The lowest BCUT2D eigenvalue weighted by molar-refractivity contribution is 0.872. The molecule has 3 nitrogen and oxygen atoms in total. The van der Waals surface area contributed by atoms with Gasteiger partial charge < -0.3 is 16.0 Å². The molecule has 0 amide bonds. The van der Waals surface area contributed by atoms with E-state index in [4.69, 9.17) is 5.41 Å². The average Bonchev–Trinajstić information content (AvgIpc) is 2.77. The molecular formula is C13H17N3. The van der Waals surface area contributed by atoms with Crippen LogP contribution in [0.1, 0.15) is 12.5 Å². The van der Waals surface area contributed by atoms with Gasteiger partial charge in [0.15, 0.2) is 0 Å². The smallest absolute Gasteiger partial charge is 0.0382 e. The van der Waals surface area contributed by atoms with Crippen molar-refractivity contribution in [3.63, 3.8) is 0 Å². The SMILES string of the molecule is CCc1ccc(NC2=C(C=N)CNC2)cc1. The molecule has 0 saturated carbocycles. The first-order chi connectivity index (χ1) is 7.83. The van der Waals surface area contributed by atoms with Crippen molar-refractivity contribution in [1.82, 2.24) is 5.32 Å². The van der Waals surface area contributed by atoms with Gasteiger partial charge in [-0.2, -0.15) is 0 Å². The Bertz CT molecular complexity index is 404. The van der Waals surface area contributed by atoms with Crippen molar-refractivity contribution >= 4 is 11.9 Å². The van der Waals surface area contributed by atoms with Crippen molar-refractivity contribution in [2.45, 2.75) is 13.3 Å². The molecule has 0 atom stereocenters. The average molecular weight is 215 g/mol. The third-order valence-corrected chi connectivity index (χ3v) is 2.84. The van der Waals surface area contributed by atoms with E-state index in [0.29, 0.717) is 0 Å². The van der Waals surface area contributed by atoms with Crippen LogP contribution in [0.5, 0.6) is 0 Å². The molecule has 1 aliphatic heterocycles. The molecule has 0 aromatic heterocycles. The van der Waals surface area contributed by atoms with Gasteiger partial charge in [-0.25, -0.2) is 0 Å². The van der Waals surface area contributed by atoms with Crippen molar-refractivity contribution in [2.24, 2.45) is 0 Å². The van der Waals surface area contributed by atoms with Crippen LogP contribution in [0, 0.1) is 5.41 Å². The quantitative estimate of drug-likeness (QED) is 0.674. The van der Waals surface area contributed by atoms with E-state index in [-0.39, 0.29) is 0 Å². The highest BCUT2D eigenvalue weighted by molar-refractivity contribution is 5.80. The molecule has 0 spiro atoms. The minimum Gasteiger partial charge on any atom is -0.358 e. The van der Waals surface area contributed by atoms with Crippen LogP contribution in [0.4, 0.5) is 5.69 Å². The zero-order valence-corrected chi connectivity index (χ0v) is 9.51. The predicted octanol–water partition coefficient (Wildman–Crippen LogP) is 2.17. The molecule has 0 aliphatic carbocycles. The minimum absolute atomic E-state index is 0.791. The Morgan fingerprint density at radius 1 is 1.31 bits per heavy atom. The van der Waals surface area contributed by atoms with E-state index >= 15 is 0 Å². The molecule has 0 saturated heterocycles. The second-order valence-corrected chi connectivity index (χ2v) is 3.93. The molecule has 0 bridgehead atoms. The second-order valence-electron chi connectivity index (χ2n) is 3.93. The Kier molecular flexibility index (Phi) is 3.37. The fourth-order valence-electron chi connectivity index (χ4n) is 1.80. The second kappa shape index (κ2) is 4.94. The number of nitrogens with one attached hydrogen (secondary N) is 3. The molecular weight excluding hydrogens is 198 g/mol. The van der Waals surface area contributed by atoms with Gasteiger partial charge in [0.05, 0.1) is 0 Å². The summed E-state index contributed by atoms with van der Waals surface area (Å²) < 4.78 is 0. The molecule has 1 aliphatic rings. The van der Waals surface area contributed by atoms with Gasteiger partial charge >= 0.3 is 0 Å². The summed E-state index contributed by atoms with van der Waals surface area (Å²) in [5, 5.41) is 13.9. The number of hydrogen-bond acceptors (Lipinski definition) is 3. The van der Waals surface area contributed by atoms with Crippen LogP contribution < -0.4 is 10.6 Å². The maximum atomic E-state index is 7.30. The minimum atomic E-state index is 0.791. The Morgan fingerprint density at radius 2 is 2.06 bits per heavy atom. The Balaban J connectivity index is 2.11. The van der Waals surface area contributed by atoms with E-state index < -0.39 is 0 Å². The van der Waals surface area contributed by atoms with Crippen molar-refractivity contribution in [3.05, 3.63) is 41.1 Å². The van der Waals surface area contributed by atoms with E-state index in [9.17, 15) is 0 Å². The first kappa shape index (κ1) is 10.9. The zero-order chi connectivity index (χ0) is 11.4. The van der Waals surface area contributed by atoms with E-state index in [1.54, 1.807) is 0 Å². The first-order valence-corrected chi connectivity index (χ1v) is 5.62. The molecule has 0 fully saturated rings. The van der Waals surface area contributed by atoms with Crippen LogP contribution in [0.15, 0.2) is 35.5 Å². The van der Waals surface area contributed by atoms with Crippen LogP contribution >= 0.6 is 0 Å². The molecule has 1 aromatic carbocycles. The molecule has 84 valence electrons. The van der Waals surface area contributed by atoms with Crippen LogP contribution in [-0.2, 0) is 6.42 Å². The molecule has 0 unspecified atom stereocenters. The maximum Gasteiger partial charge on any atom is 0.0382 e. The summed E-state index contributed by atoms with van der Waals surface area (Å²) in [4.78, 5) is 0. The topological polar surface area (TPSA) is 47.9 Å². The number of benzene rings is 1. The lowest BCUT2D eigenvalue weighted by Crippen LogP contribution is -2.11. The fourth-order valence-corrected chi connectivity index (χ4v) is 1.80. The summed E-state index contributed by atoms with van der Waals surface area (Å²) in [5.41, 5.74) is 4.59. The van der Waals surface area contributed by atoms with Crippen molar-refractivity contribution in [2.75, 3.05) is 18.4 Å². The van der Waals surface area contributed by atoms with Gasteiger partial charge in [-0.15, -0.1) is 0 Å². The maximum absolute atomic E-state index is 7.30. The van der Waals surface area contributed by atoms with Gasteiger partial charge in [0.1, 0.15) is 0 Å². The van der Waals surface area contributed by atoms with E-state index in [2.05, 4.69) is 41.8 Å². The lowest BCUT2D eigenvalue weighted by Gasteiger charge is -2.08. The van der Waals surface area contributed by atoms with Gasteiger partial charge in [0.2, 0.25) is 0 Å². The molecule has 1 heterocycles. The standard InChI is InChI=1S/C13H17N3/c1-2-10-3-5-12(6-4-10)16-13-9-15-8-11(13)7-14/h3-7,14-16H,2,8-9H2,1H3. The zero-order valence-electron chi connectivity index (χ0n) is 9.51. The molecule has 1 aromatic rings. The summed E-state index contributed by atoms with van der Waals surface area (Å²) in [6, 6.07) is 8.45. The highest BCUT2D eigenvalue weighted by atomic mass is 15.0. The van der Waals surface area contributed by atoms with E-state index in [1.165, 1.54) is 11.8 Å². The van der Waals surface area contributed by atoms with Gasteiger partial charge in [0.25, 0.3) is 0 Å². The third-order valence-electron chi connectivity index (χ3n) is 2.84. The van der Waals surface area contributed by atoms with Gasteiger partial charge in [-0.1, -0.05) is 19.1 Å². The largest absolute Gasteiger partial charge is 0.358 e. The molecule has 2 rings (SSSR count). The summed E-state index contributed by atoms with van der Waals surface area (Å²) in [5.74, 6) is 0. The summed E-state index contributed by atoms with van der Waals surface area (Å²) in [7, 11) is 0. The molecule has 3 N–H and O–H groups in total. The fraction of sp³-hybridized carbons (Fsp3) is 0.308.